The number of nitrogens with zero attached hydrogens (tertiary/aromatic N) is 2. The maximum Gasteiger partial charge on any atom is 0.374 e. The Morgan fingerprint density at radius 1 is 0.938 bits per heavy atom. The molecule has 0 N–H and O–H groups in total. The molecule has 0 saturated heterocycles. The third-order valence-electron chi connectivity index (χ3n) is 5.48. The number of esters is 1. The van der Waals surface area contributed by atoms with Crippen LogP contribution in [0.3, 0.4) is 0 Å². The van der Waals surface area contributed by atoms with E-state index in [1.54, 1.807) is 6.07 Å². The molecule has 4 aromatic rings. The first-order chi connectivity index (χ1) is 15.7. The number of carbonyl (C=O) groups is 2. The molecule has 6 heteroatoms. The van der Waals surface area contributed by atoms with Gasteiger partial charge >= 0.3 is 5.97 Å². The Labute approximate surface area is 184 Å². The van der Waals surface area contributed by atoms with Crippen LogP contribution >= 0.6 is 0 Å². The van der Waals surface area contributed by atoms with Gasteiger partial charge in [-0.15, -0.1) is 0 Å². The van der Waals surface area contributed by atoms with Crippen LogP contribution in [0.5, 0.6) is 0 Å². The average molecular weight is 424 g/mol. The quantitative estimate of drug-likeness (QED) is 0.424. The lowest BCUT2D eigenvalue weighted by Crippen LogP contribution is -2.31. The first-order valence-corrected chi connectivity index (χ1v) is 10.3. The minimum atomic E-state index is -0.683. The molecule has 1 atom stereocenters. The second kappa shape index (κ2) is 8.51. The molecule has 1 aliphatic heterocycles. The second-order valence-corrected chi connectivity index (χ2v) is 7.53. The summed E-state index contributed by atoms with van der Waals surface area (Å²) >= 11 is 0. The third-order valence-corrected chi connectivity index (χ3v) is 5.48. The number of amides is 1. The van der Waals surface area contributed by atoms with Crippen molar-refractivity contribution >= 4 is 28.4 Å². The highest BCUT2D eigenvalue weighted by Crippen LogP contribution is 2.33. The number of hydrogen-bond acceptors (Lipinski definition) is 5. The maximum absolute atomic E-state index is 13.0. The van der Waals surface area contributed by atoms with Gasteiger partial charge in [-0.1, -0.05) is 66.7 Å². The fourth-order valence-corrected chi connectivity index (χ4v) is 3.88. The van der Waals surface area contributed by atoms with Crippen molar-refractivity contribution in [3.63, 3.8) is 0 Å². The molecule has 0 radical (unpaired) electrons. The van der Waals surface area contributed by atoms with Gasteiger partial charge < -0.3 is 9.15 Å². The molecule has 32 heavy (non-hydrogen) atoms. The van der Waals surface area contributed by atoms with Crippen LogP contribution in [-0.2, 0) is 9.53 Å². The molecule has 1 amide bonds. The Morgan fingerprint density at radius 2 is 1.72 bits per heavy atom. The van der Waals surface area contributed by atoms with Crippen molar-refractivity contribution in [3.8, 4) is 0 Å². The molecule has 0 spiro atoms. The van der Waals surface area contributed by atoms with Gasteiger partial charge in [0.2, 0.25) is 5.76 Å². The Kier molecular flexibility index (Phi) is 5.25. The standard InChI is InChI=1S/C26H20N2O4/c29-25(17-32-26(30)24-11-6-14-31-24)28-23(19-8-2-1-3-9-19)16-22(27-28)21-13-12-18-7-4-5-10-20(18)15-21/h1-15,23H,16-17H2/t23-/m0/s1. The molecule has 0 unspecified atom stereocenters. The van der Waals surface area contributed by atoms with E-state index in [1.807, 2.05) is 48.5 Å². The van der Waals surface area contributed by atoms with E-state index in [9.17, 15) is 9.59 Å². The second-order valence-electron chi connectivity index (χ2n) is 7.53. The first-order valence-electron chi connectivity index (χ1n) is 10.3. The number of ether oxygens (including phenoxy) is 1. The molecule has 158 valence electrons. The number of furan rings is 1. The minimum absolute atomic E-state index is 0.0548. The van der Waals surface area contributed by atoms with Crippen LogP contribution in [0.15, 0.2) is 101 Å². The molecule has 0 saturated carbocycles. The highest BCUT2D eigenvalue weighted by atomic mass is 16.5. The van der Waals surface area contributed by atoms with Gasteiger partial charge in [-0.05, 0) is 40.1 Å². The Balaban J connectivity index is 1.41. The lowest BCUT2D eigenvalue weighted by Gasteiger charge is -2.21. The third kappa shape index (κ3) is 3.90. The van der Waals surface area contributed by atoms with Crippen molar-refractivity contribution in [2.45, 2.75) is 12.5 Å². The van der Waals surface area contributed by atoms with Crippen LogP contribution in [0.25, 0.3) is 10.8 Å². The zero-order valence-electron chi connectivity index (χ0n) is 17.2. The largest absolute Gasteiger partial charge is 0.457 e. The topological polar surface area (TPSA) is 72.1 Å². The van der Waals surface area contributed by atoms with E-state index in [2.05, 4.69) is 29.4 Å². The van der Waals surface area contributed by atoms with E-state index >= 15 is 0 Å². The molecule has 5 rings (SSSR count). The molecule has 1 aromatic heterocycles. The summed E-state index contributed by atoms with van der Waals surface area (Å²) < 4.78 is 10.2. The maximum atomic E-state index is 13.0. The summed E-state index contributed by atoms with van der Waals surface area (Å²) in [5.74, 6) is -1.02. The van der Waals surface area contributed by atoms with Crippen LogP contribution in [-0.4, -0.2) is 29.2 Å². The number of hydrazone groups is 1. The fourth-order valence-electron chi connectivity index (χ4n) is 3.88. The molecular formula is C26H20N2O4. The van der Waals surface area contributed by atoms with Crippen molar-refractivity contribution in [3.05, 3.63) is 108 Å². The Hall–Kier alpha value is -4.19. The molecule has 0 aliphatic carbocycles. The van der Waals surface area contributed by atoms with Crippen molar-refractivity contribution in [2.75, 3.05) is 6.61 Å². The Morgan fingerprint density at radius 3 is 2.50 bits per heavy atom. The minimum Gasteiger partial charge on any atom is -0.457 e. The van der Waals surface area contributed by atoms with Gasteiger partial charge in [0, 0.05) is 6.42 Å². The predicted molar refractivity (Wildman–Crippen MR) is 120 cm³/mol. The highest BCUT2D eigenvalue weighted by Gasteiger charge is 2.33. The van der Waals surface area contributed by atoms with E-state index in [0.29, 0.717) is 6.42 Å². The SMILES string of the molecule is O=C(OCC(=O)N1N=C(c2ccc3ccccc3c2)C[C@H]1c1ccccc1)c1ccco1. The summed E-state index contributed by atoms with van der Waals surface area (Å²) in [6.07, 6.45) is 1.95. The zero-order chi connectivity index (χ0) is 21.9. The molecule has 0 fully saturated rings. The lowest BCUT2D eigenvalue weighted by molar-refractivity contribution is -0.136. The summed E-state index contributed by atoms with van der Waals surface area (Å²) in [4.78, 5) is 25.1. The van der Waals surface area contributed by atoms with Crippen LogP contribution < -0.4 is 0 Å². The number of benzene rings is 3. The first kappa shape index (κ1) is 19.8. The van der Waals surface area contributed by atoms with Crippen molar-refractivity contribution < 1.29 is 18.7 Å². The summed E-state index contributed by atoms with van der Waals surface area (Å²) in [5.41, 5.74) is 2.75. The van der Waals surface area contributed by atoms with E-state index in [0.717, 1.165) is 27.6 Å². The summed E-state index contributed by atoms with van der Waals surface area (Å²) in [5, 5.41) is 8.33. The summed E-state index contributed by atoms with van der Waals surface area (Å²) in [6, 6.07) is 26.8. The van der Waals surface area contributed by atoms with E-state index in [4.69, 9.17) is 9.15 Å². The normalized spacial score (nSPS) is 15.6. The molecular weight excluding hydrogens is 404 g/mol. The van der Waals surface area contributed by atoms with Gasteiger partial charge in [0.05, 0.1) is 18.0 Å². The summed E-state index contributed by atoms with van der Waals surface area (Å²) in [7, 11) is 0. The van der Waals surface area contributed by atoms with Crippen molar-refractivity contribution in [1.29, 1.82) is 0 Å². The highest BCUT2D eigenvalue weighted by molar-refractivity contribution is 6.05. The Bertz CT molecular complexity index is 1300. The molecule has 6 nitrogen and oxygen atoms in total. The van der Waals surface area contributed by atoms with Gasteiger partial charge in [0.25, 0.3) is 5.91 Å². The monoisotopic (exact) mass is 424 g/mol. The van der Waals surface area contributed by atoms with Crippen molar-refractivity contribution in [1.82, 2.24) is 5.01 Å². The average Bonchev–Trinajstić information content (AvgIpc) is 3.53. The van der Waals surface area contributed by atoms with Crippen molar-refractivity contribution in [2.24, 2.45) is 5.10 Å². The number of fused-ring (bicyclic) bond motifs is 1. The van der Waals surface area contributed by atoms with Crippen LogP contribution in [0.4, 0.5) is 0 Å². The molecule has 0 bridgehead atoms. The van der Waals surface area contributed by atoms with E-state index in [-0.39, 0.29) is 11.8 Å². The fraction of sp³-hybridized carbons (Fsp3) is 0.115. The van der Waals surface area contributed by atoms with Gasteiger partial charge in [-0.2, -0.15) is 5.10 Å². The van der Waals surface area contributed by atoms with Crippen LogP contribution in [0.1, 0.15) is 34.1 Å². The van der Waals surface area contributed by atoms with Crippen LogP contribution in [0.2, 0.25) is 0 Å². The number of rotatable bonds is 5. The van der Waals surface area contributed by atoms with Crippen LogP contribution in [0, 0.1) is 0 Å². The van der Waals surface area contributed by atoms with E-state index in [1.165, 1.54) is 17.3 Å². The summed E-state index contributed by atoms with van der Waals surface area (Å²) in [6.45, 7) is -0.419. The van der Waals surface area contributed by atoms with Gasteiger partial charge in [0.1, 0.15) is 0 Å². The van der Waals surface area contributed by atoms with E-state index < -0.39 is 18.5 Å². The zero-order valence-corrected chi connectivity index (χ0v) is 17.2. The molecule has 1 aliphatic rings. The smallest absolute Gasteiger partial charge is 0.374 e. The van der Waals surface area contributed by atoms with Gasteiger partial charge in [-0.25, -0.2) is 9.80 Å². The lowest BCUT2D eigenvalue weighted by atomic mass is 9.97. The predicted octanol–water partition coefficient (Wildman–Crippen LogP) is 4.97. The molecule has 2 heterocycles. The van der Waals surface area contributed by atoms with Gasteiger partial charge in [0.15, 0.2) is 6.61 Å². The molecule has 3 aromatic carbocycles. The van der Waals surface area contributed by atoms with Gasteiger partial charge in [-0.3, -0.25) is 4.79 Å². The number of carbonyl (C=O) groups excluding carboxylic acids is 2. The number of hydrogen-bond donors (Lipinski definition) is 0.